The van der Waals surface area contributed by atoms with Gasteiger partial charge in [-0.3, -0.25) is 10.2 Å². The summed E-state index contributed by atoms with van der Waals surface area (Å²) in [7, 11) is -1.82. The fourth-order valence-corrected chi connectivity index (χ4v) is 5.85. The number of amidine groups is 1. The second-order valence-corrected chi connectivity index (χ2v) is 11.5. The number of unbranched alkanes of at least 4 members (excludes halogenated alkanes) is 1. The van der Waals surface area contributed by atoms with Crippen LogP contribution in [0.15, 0.2) is 47.4 Å². The number of rotatable bonds is 13. The van der Waals surface area contributed by atoms with Crippen LogP contribution in [-0.2, 0) is 33.0 Å². The number of hydrogen-bond donors (Lipinski definition) is 2. The van der Waals surface area contributed by atoms with E-state index in [0.717, 1.165) is 16.9 Å². The van der Waals surface area contributed by atoms with Gasteiger partial charge in [-0.15, -0.1) is 12.4 Å². The quantitative estimate of drug-likeness (QED) is 0.138. The Labute approximate surface area is 231 Å². The Morgan fingerprint density at radius 3 is 2.45 bits per heavy atom. The fourth-order valence-electron chi connectivity index (χ4n) is 4.19. The largest absolute Gasteiger partial charge is 0.466 e. The van der Waals surface area contributed by atoms with Crippen LogP contribution in [0.3, 0.4) is 0 Å². The number of nitrogens with one attached hydrogen (secondary N) is 1. The van der Waals surface area contributed by atoms with Crippen LogP contribution in [-0.4, -0.2) is 53.8 Å². The average molecular weight is 564 g/mol. The van der Waals surface area contributed by atoms with Gasteiger partial charge in [-0.2, -0.15) is 4.31 Å². The number of nitrogen functional groups attached to an aromatic ring is 1. The number of ether oxygens (including phenoxy) is 1. The maximum absolute atomic E-state index is 13.6. The summed E-state index contributed by atoms with van der Waals surface area (Å²) >= 11 is 0. The van der Waals surface area contributed by atoms with Crippen LogP contribution < -0.4 is 5.73 Å². The molecule has 0 aliphatic rings. The average Bonchev–Trinajstić information content (AvgIpc) is 3.15. The Kier molecular flexibility index (Phi) is 11.3. The Morgan fingerprint density at radius 1 is 1.16 bits per heavy atom. The molecule has 0 fully saturated rings. The number of nitrogens with zero attached hydrogens (tertiary/aromatic N) is 3. The van der Waals surface area contributed by atoms with E-state index in [-0.39, 0.29) is 41.4 Å². The molecule has 0 atom stereocenters. The lowest BCUT2D eigenvalue weighted by atomic mass is 10.1. The lowest BCUT2D eigenvalue weighted by Crippen LogP contribution is -2.35. The van der Waals surface area contributed by atoms with Gasteiger partial charge in [0.2, 0.25) is 10.0 Å². The van der Waals surface area contributed by atoms with Gasteiger partial charge >= 0.3 is 5.97 Å². The zero-order valence-corrected chi connectivity index (χ0v) is 24.1. The number of carbonyl (C=O) groups excluding carboxylic acids is 1. The number of esters is 1. The Balaban J connectivity index is 0.00000507. The van der Waals surface area contributed by atoms with E-state index in [1.807, 2.05) is 37.6 Å². The van der Waals surface area contributed by atoms with E-state index in [0.29, 0.717) is 50.0 Å². The molecule has 0 bridgehead atoms. The molecular weight excluding hydrogens is 526 g/mol. The summed E-state index contributed by atoms with van der Waals surface area (Å²) < 4.78 is 35.6. The van der Waals surface area contributed by atoms with Gasteiger partial charge in [0.05, 0.1) is 22.5 Å². The zero-order chi connectivity index (χ0) is 27.2. The molecule has 208 valence electrons. The molecule has 11 heteroatoms. The highest BCUT2D eigenvalue weighted by atomic mass is 35.5. The van der Waals surface area contributed by atoms with Gasteiger partial charge in [0.25, 0.3) is 0 Å². The van der Waals surface area contributed by atoms with Crippen molar-refractivity contribution in [1.29, 1.82) is 5.41 Å². The molecular formula is C27H38ClN5O4S. The molecule has 0 aliphatic carbocycles. The maximum atomic E-state index is 13.6. The van der Waals surface area contributed by atoms with Crippen LogP contribution in [0.25, 0.3) is 11.0 Å². The number of hydrogen-bond acceptors (Lipinski definition) is 6. The van der Waals surface area contributed by atoms with Gasteiger partial charge in [-0.1, -0.05) is 38.1 Å². The number of halogens is 1. The van der Waals surface area contributed by atoms with E-state index in [9.17, 15) is 13.2 Å². The van der Waals surface area contributed by atoms with Gasteiger partial charge in [-0.05, 0) is 49.4 Å². The highest BCUT2D eigenvalue weighted by molar-refractivity contribution is 7.89. The summed E-state index contributed by atoms with van der Waals surface area (Å²) in [5.74, 6) is 0.720. The smallest absolute Gasteiger partial charge is 0.305 e. The number of nitrogens with two attached hydrogens (primary N) is 1. The van der Waals surface area contributed by atoms with Gasteiger partial charge < -0.3 is 15.0 Å². The normalized spacial score (nSPS) is 11.6. The summed E-state index contributed by atoms with van der Waals surface area (Å²) in [4.78, 5) is 16.6. The molecule has 3 rings (SSSR count). The van der Waals surface area contributed by atoms with Gasteiger partial charge in [0, 0.05) is 38.5 Å². The molecule has 0 unspecified atom stereocenters. The highest BCUT2D eigenvalue weighted by Gasteiger charge is 2.26. The first-order valence-electron chi connectivity index (χ1n) is 12.6. The SMILES string of the molecule is CCOC(=O)CCCCN(CC(C)C)S(=O)(=O)c1ccc2c(c1)nc(Cc1ccc(C(=N)N)cc1)n2C.Cl. The maximum Gasteiger partial charge on any atom is 0.305 e. The van der Waals surface area contributed by atoms with Gasteiger partial charge in [0.1, 0.15) is 11.7 Å². The molecule has 9 nitrogen and oxygen atoms in total. The predicted octanol–water partition coefficient (Wildman–Crippen LogP) is 4.25. The van der Waals surface area contributed by atoms with Crippen LogP contribution in [0, 0.1) is 11.3 Å². The minimum Gasteiger partial charge on any atom is -0.466 e. The summed E-state index contributed by atoms with van der Waals surface area (Å²) in [6, 6.07) is 12.5. The van der Waals surface area contributed by atoms with E-state index in [4.69, 9.17) is 20.9 Å². The number of carbonyl (C=O) groups is 1. The summed E-state index contributed by atoms with van der Waals surface area (Å²) in [6.45, 7) is 6.81. The number of sulfonamides is 1. The number of imidazole rings is 1. The van der Waals surface area contributed by atoms with Crippen molar-refractivity contribution in [3.8, 4) is 0 Å². The third-order valence-corrected chi connectivity index (χ3v) is 7.98. The zero-order valence-electron chi connectivity index (χ0n) is 22.4. The fraction of sp³-hybridized carbons (Fsp3) is 0.444. The minimum atomic E-state index is -3.74. The van der Waals surface area contributed by atoms with Crippen molar-refractivity contribution < 1.29 is 17.9 Å². The molecule has 2 aromatic carbocycles. The molecule has 0 radical (unpaired) electrons. The number of aromatic nitrogens is 2. The van der Waals surface area contributed by atoms with Crippen LogP contribution in [0.2, 0.25) is 0 Å². The minimum absolute atomic E-state index is 0. The van der Waals surface area contributed by atoms with Crippen molar-refractivity contribution in [3.05, 3.63) is 59.4 Å². The van der Waals surface area contributed by atoms with Gasteiger partial charge in [0.15, 0.2) is 0 Å². The first-order valence-corrected chi connectivity index (χ1v) is 14.0. The van der Waals surface area contributed by atoms with E-state index in [2.05, 4.69) is 0 Å². The molecule has 0 saturated carbocycles. The molecule has 1 heterocycles. The molecule has 0 aliphatic heterocycles. The molecule has 38 heavy (non-hydrogen) atoms. The molecule has 0 saturated heterocycles. The van der Waals surface area contributed by atoms with Crippen molar-refractivity contribution in [2.75, 3.05) is 19.7 Å². The predicted molar refractivity (Wildman–Crippen MR) is 152 cm³/mol. The molecule has 1 aromatic heterocycles. The van der Waals surface area contributed by atoms with Crippen LogP contribution in [0.5, 0.6) is 0 Å². The third-order valence-electron chi connectivity index (χ3n) is 6.12. The third kappa shape index (κ3) is 7.78. The van der Waals surface area contributed by atoms with Crippen LogP contribution in [0.1, 0.15) is 57.0 Å². The first-order chi connectivity index (χ1) is 17.5. The second-order valence-electron chi connectivity index (χ2n) is 9.54. The van der Waals surface area contributed by atoms with E-state index >= 15 is 0 Å². The van der Waals surface area contributed by atoms with Gasteiger partial charge in [-0.25, -0.2) is 13.4 Å². The van der Waals surface area contributed by atoms with Crippen LogP contribution >= 0.6 is 12.4 Å². The van der Waals surface area contributed by atoms with Crippen molar-refractivity contribution in [3.63, 3.8) is 0 Å². The monoisotopic (exact) mass is 563 g/mol. The Bertz CT molecular complexity index is 1350. The van der Waals surface area contributed by atoms with Crippen molar-refractivity contribution in [1.82, 2.24) is 13.9 Å². The van der Waals surface area contributed by atoms with Crippen molar-refractivity contribution in [2.45, 2.75) is 51.3 Å². The Hall–Kier alpha value is -2.95. The van der Waals surface area contributed by atoms with E-state index in [1.54, 1.807) is 37.3 Å². The second kappa shape index (κ2) is 13.7. The highest BCUT2D eigenvalue weighted by Crippen LogP contribution is 2.24. The molecule has 0 amide bonds. The van der Waals surface area contributed by atoms with Crippen molar-refractivity contribution in [2.24, 2.45) is 18.7 Å². The number of aryl methyl sites for hydroxylation is 1. The Morgan fingerprint density at radius 2 is 1.84 bits per heavy atom. The number of benzene rings is 2. The first kappa shape index (κ1) is 31.3. The molecule has 0 spiro atoms. The van der Waals surface area contributed by atoms with Crippen LogP contribution in [0.4, 0.5) is 0 Å². The topological polar surface area (TPSA) is 131 Å². The standard InChI is InChI=1S/C27H37N5O4S.ClH/c1-5-36-26(33)8-6-7-15-32(18-19(2)3)37(34,35)22-13-14-24-23(17-22)30-25(31(24)4)16-20-9-11-21(12-10-20)27(28)29;/h9-14,17,19H,5-8,15-16,18H2,1-4H3,(H3,28,29);1H. The molecule has 3 N–H and O–H groups in total. The summed E-state index contributed by atoms with van der Waals surface area (Å²) in [6.07, 6.45) is 1.98. The molecule has 3 aromatic rings. The lowest BCUT2D eigenvalue weighted by molar-refractivity contribution is -0.143. The summed E-state index contributed by atoms with van der Waals surface area (Å²) in [5, 5.41) is 7.54. The summed E-state index contributed by atoms with van der Waals surface area (Å²) in [5.41, 5.74) is 8.68. The lowest BCUT2D eigenvalue weighted by Gasteiger charge is -2.24. The van der Waals surface area contributed by atoms with Crippen molar-refractivity contribution >= 4 is 45.3 Å². The van der Waals surface area contributed by atoms with E-state index < -0.39 is 10.0 Å². The number of fused-ring (bicyclic) bond motifs is 1. The van der Waals surface area contributed by atoms with E-state index in [1.165, 1.54) is 4.31 Å².